The van der Waals surface area contributed by atoms with E-state index in [1.807, 2.05) is 31.2 Å². The van der Waals surface area contributed by atoms with Gasteiger partial charge in [0.05, 0.1) is 17.3 Å². The number of aromatic nitrogens is 3. The molecule has 144 valence electrons. The fourth-order valence-electron chi connectivity index (χ4n) is 3.18. The summed E-state index contributed by atoms with van der Waals surface area (Å²) in [6.45, 7) is 3.50. The Labute approximate surface area is 172 Å². The molecule has 0 N–H and O–H groups in total. The van der Waals surface area contributed by atoms with Crippen LogP contribution in [0.2, 0.25) is 0 Å². The molecule has 0 saturated carbocycles. The first-order chi connectivity index (χ1) is 14.1. The summed E-state index contributed by atoms with van der Waals surface area (Å²) >= 11 is 1.46. The van der Waals surface area contributed by atoms with Gasteiger partial charge in [0.25, 0.3) is 0 Å². The van der Waals surface area contributed by atoms with Crippen LogP contribution in [0, 0.1) is 11.3 Å². The van der Waals surface area contributed by atoms with E-state index in [2.05, 4.69) is 21.3 Å². The Morgan fingerprint density at radius 2 is 1.97 bits per heavy atom. The van der Waals surface area contributed by atoms with E-state index in [0.29, 0.717) is 28.0 Å². The van der Waals surface area contributed by atoms with Gasteiger partial charge in [-0.2, -0.15) is 10.2 Å². The van der Waals surface area contributed by atoms with Gasteiger partial charge in [0.1, 0.15) is 0 Å². The molecule has 0 fully saturated rings. The number of amides is 1. The van der Waals surface area contributed by atoms with Crippen LogP contribution in [0.5, 0.6) is 5.88 Å². The van der Waals surface area contributed by atoms with E-state index in [-0.39, 0.29) is 5.91 Å². The number of hydrogen-bond acceptors (Lipinski definition) is 7. The number of nitriles is 1. The summed E-state index contributed by atoms with van der Waals surface area (Å²) in [5.41, 5.74) is 3.14. The third kappa shape index (κ3) is 3.52. The summed E-state index contributed by atoms with van der Waals surface area (Å²) in [5, 5.41) is 18.1. The normalized spacial score (nSPS) is 14.8. The Morgan fingerprint density at radius 1 is 1.21 bits per heavy atom. The number of benzene rings is 2. The van der Waals surface area contributed by atoms with Crippen LogP contribution >= 0.6 is 11.8 Å². The second-order valence-corrected chi connectivity index (χ2v) is 7.52. The topological polar surface area (TPSA) is 92.0 Å². The van der Waals surface area contributed by atoms with Crippen LogP contribution < -0.4 is 9.64 Å². The highest BCUT2D eigenvalue weighted by atomic mass is 32.2. The third-order valence-corrected chi connectivity index (χ3v) is 5.17. The van der Waals surface area contributed by atoms with Crippen molar-refractivity contribution in [2.45, 2.75) is 25.2 Å². The summed E-state index contributed by atoms with van der Waals surface area (Å²) < 4.78 is 6.26. The fraction of sp³-hybridized carbons (Fsp3) is 0.190. The summed E-state index contributed by atoms with van der Waals surface area (Å²) in [4.78, 5) is 18.8. The number of hydrogen-bond donors (Lipinski definition) is 0. The maximum Gasteiger partial charge on any atom is 0.247 e. The van der Waals surface area contributed by atoms with Crippen molar-refractivity contribution in [1.29, 1.82) is 5.26 Å². The van der Waals surface area contributed by atoms with Crippen molar-refractivity contribution in [2.75, 3.05) is 10.7 Å². The molecule has 8 heteroatoms. The van der Waals surface area contributed by atoms with Crippen molar-refractivity contribution in [1.82, 2.24) is 15.2 Å². The highest BCUT2D eigenvalue weighted by Gasteiger charge is 2.34. The molecule has 4 rings (SSSR count). The van der Waals surface area contributed by atoms with E-state index < -0.39 is 6.23 Å². The van der Waals surface area contributed by atoms with Gasteiger partial charge in [-0.1, -0.05) is 49.0 Å². The molecule has 1 amide bonds. The van der Waals surface area contributed by atoms with Crippen molar-refractivity contribution in [3.63, 3.8) is 0 Å². The zero-order valence-corrected chi connectivity index (χ0v) is 16.7. The van der Waals surface area contributed by atoms with Crippen LogP contribution in [0.15, 0.2) is 53.7 Å². The molecule has 29 heavy (non-hydrogen) atoms. The van der Waals surface area contributed by atoms with E-state index in [9.17, 15) is 4.79 Å². The summed E-state index contributed by atoms with van der Waals surface area (Å²) in [7, 11) is 0. The Bertz CT molecular complexity index is 1110. The maximum absolute atomic E-state index is 12.7. The Hall–Kier alpha value is -3.44. The SMILES string of the molecule is CCSc1nnc2c(n1)OC(c1ccc(C#N)cc1)N(C(C)=O)c1ccccc1-2. The smallest absolute Gasteiger partial charge is 0.247 e. The number of nitrogens with zero attached hydrogens (tertiary/aromatic N) is 5. The van der Waals surface area contributed by atoms with Crippen LogP contribution in [0.25, 0.3) is 11.3 Å². The highest BCUT2D eigenvalue weighted by Crippen LogP contribution is 2.43. The molecular weight excluding hydrogens is 386 g/mol. The molecule has 0 bridgehead atoms. The number of carbonyl (C=O) groups is 1. The zero-order valence-electron chi connectivity index (χ0n) is 15.9. The minimum Gasteiger partial charge on any atom is -0.447 e. The van der Waals surface area contributed by atoms with Crippen LogP contribution in [-0.4, -0.2) is 26.8 Å². The van der Waals surface area contributed by atoms with Gasteiger partial charge in [0, 0.05) is 18.1 Å². The van der Waals surface area contributed by atoms with Crippen molar-refractivity contribution in [3.8, 4) is 23.2 Å². The van der Waals surface area contributed by atoms with Crippen molar-refractivity contribution in [2.24, 2.45) is 0 Å². The third-order valence-electron chi connectivity index (χ3n) is 4.45. The first-order valence-electron chi connectivity index (χ1n) is 9.05. The van der Waals surface area contributed by atoms with Crippen LogP contribution in [0.3, 0.4) is 0 Å². The average molecular weight is 403 g/mol. The van der Waals surface area contributed by atoms with Crippen LogP contribution in [0.4, 0.5) is 5.69 Å². The zero-order chi connectivity index (χ0) is 20.4. The van der Waals surface area contributed by atoms with E-state index in [1.54, 1.807) is 29.2 Å². The van der Waals surface area contributed by atoms with E-state index in [4.69, 9.17) is 10.00 Å². The average Bonchev–Trinajstić information content (AvgIpc) is 2.88. The molecule has 2 aromatic carbocycles. The number of para-hydroxylation sites is 1. The number of rotatable bonds is 3. The van der Waals surface area contributed by atoms with Crippen molar-refractivity contribution < 1.29 is 9.53 Å². The Morgan fingerprint density at radius 3 is 2.66 bits per heavy atom. The first kappa shape index (κ1) is 18.9. The molecule has 3 aromatic rings. The number of ether oxygens (including phenoxy) is 1. The number of carbonyl (C=O) groups excluding carboxylic acids is 1. The van der Waals surface area contributed by atoms with Gasteiger partial charge in [-0.15, -0.1) is 10.2 Å². The van der Waals surface area contributed by atoms with Crippen molar-refractivity contribution >= 4 is 23.4 Å². The van der Waals surface area contributed by atoms with E-state index >= 15 is 0 Å². The quantitative estimate of drug-likeness (QED) is 0.611. The lowest BCUT2D eigenvalue weighted by atomic mass is 10.1. The minimum atomic E-state index is -0.751. The highest BCUT2D eigenvalue weighted by molar-refractivity contribution is 7.99. The molecule has 0 saturated heterocycles. The molecule has 1 aliphatic rings. The molecule has 7 nitrogen and oxygen atoms in total. The molecule has 1 aliphatic heterocycles. The standard InChI is InChI=1S/C21H17N5O2S/c1-3-29-21-23-19-18(24-25-21)16-6-4-5-7-17(16)26(13(2)27)20(28-19)15-10-8-14(12-22)9-11-15/h4-11,20H,3H2,1-2H3. The monoisotopic (exact) mass is 403 g/mol. The predicted molar refractivity (Wildman–Crippen MR) is 109 cm³/mol. The maximum atomic E-state index is 12.7. The van der Waals surface area contributed by atoms with Gasteiger partial charge >= 0.3 is 0 Å². The molecular formula is C21H17N5O2S. The van der Waals surface area contributed by atoms with Gasteiger partial charge in [-0.25, -0.2) is 0 Å². The molecule has 0 radical (unpaired) electrons. The lowest BCUT2D eigenvalue weighted by Crippen LogP contribution is -2.36. The molecule has 2 heterocycles. The van der Waals surface area contributed by atoms with Gasteiger partial charge < -0.3 is 4.74 Å². The largest absolute Gasteiger partial charge is 0.447 e. The van der Waals surface area contributed by atoms with Gasteiger partial charge in [-0.3, -0.25) is 9.69 Å². The predicted octanol–water partition coefficient (Wildman–Crippen LogP) is 3.97. The van der Waals surface area contributed by atoms with Gasteiger partial charge in [0.15, 0.2) is 5.69 Å². The molecule has 1 aromatic heterocycles. The second-order valence-electron chi connectivity index (χ2n) is 6.29. The van der Waals surface area contributed by atoms with Crippen LogP contribution in [-0.2, 0) is 4.79 Å². The Kier molecular flexibility index (Phi) is 5.14. The molecule has 0 aliphatic carbocycles. The first-order valence-corrected chi connectivity index (χ1v) is 10.0. The lowest BCUT2D eigenvalue weighted by molar-refractivity contribution is -0.118. The number of fused-ring (bicyclic) bond motifs is 3. The van der Waals surface area contributed by atoms with Gasteiger partial charge in [-0.05, 0) is 24.0 Å². The summed E-state index contributed by atoms with van der Waals surface area (Å²) in [6, 6.07) is 16.5. The van der Waals surface area contributed by atoms with Crippen LogP contribution in [0.1, 0.15) is 31.2 Å². The molecule has 0 spiro atoms. The van der Waals surface area contributed by atoms with E-state index in [1.165, 1.54) is 18.7 Å². The lowest BCUT2D eigenvalue weighted by Gasteiger charge is -2.29. The fourth-order valence-corrected chi connectivity index (χ4v) is 3.69. The number of thioether (sulfide) groups is 1. The van der Waals surface area contributed by atoms with Gasteiger partial charge in [0.2, 0.25) is 23.2 Å². The molecule has 1 unspecified atom stereocenters. The second kappa shape index (κ2) is 7.89. The number of anilines is 1. The van der Waals surface area contributed by atoms with Crippen molar-refractivity contribution in [3.05, 3.63) is 59.7 Å². The Balaban J connectivity index is 1.92. The van der Waals surface area contributed by atoms with E-state index in [0.717, 1.165) is 16.9 Å². The summed E-state index contributed by atoms with van der Waals surface area (Å²) in [6.07, 6.45) is -0.751. The minimum absolute atomic E-state index is 0.185. The summed E-state index contributed by atoms with van der Waals surface area (Å²) in [5.74, 6) is 0.938. The molecule has 1 atom stereocenters.